The number of rotatable bonds is 1. The van der Waals surface area contributed by atoms with Gasteiger partial charge in [0.25, 0.3) is 0 Å². The molecule has 0 aliphatic rings. The van der Waals surface area contributed by atoms with Crippen molar-refractivity contribution in [2.24, 2.45) is 5.73 Å². The molecule has 0 unspecified atom stereocenters. The van der Waals surface area contributed by atoms with Gasteiger partial charge in [0, 0.05) is 23.4 Å². The molecule has 0 radical (unpaired) electrons. The molecule has 2 aromatic carbocycles. The second kappa shape index (κ2) is 6.93. The summed E-state index contributed by atoms with van der Waals surface area (Å²) in [6, 6.07) is 19.7. The molecule has 0 amide bonds. The van der Waals surface area contributed by atoms with Crippen molar-refractivity contribution < 1.29 is 8.83 Å². The van der Waals surface area contributed by atoms with E-state index in [1.54, 1.807) is 24.3 Å². The van der Waals surface area contributed by atoms with Gasteiger partial charge >= 0.3 is 11.3 Å². The Kier molecular flexibility index (Phi) is 4.54. The lowest BCUT2D eigenvalue weighted by molar-refractivity contribution is 0.550. The summed E-state index contributed by atoms with van der Waals surface area (Å²) in [7, 11) is 0. The predicted octanol–water partition coefficient (Wildman–Crippen LogP) is 3.04. The van der Waals surface area contributed by atoms with E-state index in [4.69, 9.17) is 14.6 Å². The molecule has 4 aromatic rings. The first-order valence-corrected chi connectivity index (χ1v) is 7.38. The number of benzene rings is 2. The average molecular weight is 321 g/mol. The molecule has 0 bridgehead atoms. The quantitative estimate of drug-likeness (QED) is 0.545. The van der Waals surface area contributed by atoms with Crippen LogP contribution in [0, 0.1) is 0 Å². The predicted molar refractivity (Wildman–Crippen MR) is 92.9 cm³/mol. The van der Waals surface area contributed by atoms with E-state index in [1.165, 1.54) is 6.07 Å². The summed E-state index contributed by atoms with van der Waals surface area (Å²) in [4.78, 5) is 21.9. The molecule has 2 heterocycles. The van der Waals surface area contributed by atoms with Gasteiger partial charge in [-0.05, 0) is 24.3 Å². The first-order chi connectivity index (χ1) is 11.7. The Balaban J connectivity index is 0.000000143. The molecule has 0 fully saturated rings. The molecule has 0 aliphatic heterocycles. The van der Waals surface area contributed by atoms with Crippen molar-refractivity contribution in [3.05, 3.63) is 93.1 Å². The maximum absolute atomic E-state index is 11.2. The van der Waals surface area contributed by atoms with Crippen molar-refractivity contribution in [3.63, 3.8) is 0 Å². The van der Waals surface area contributed by atoms with Crippen molar-refractivity contribution >= 4 is 21.9 Å². The Hall–Kier alpha value is -3.18. The van der Waals surface area contributed by atoms with Crippen LogP contribution < -0.4 is 17.0 Å². The van der Waals surface area contributed by atoms with E-state index in [1.807, 2.05) is 36.4 Å². The molecule has 0 saturated carbocycles. The van der Waals surface area contributed by atoms with Crippen LogP contribution in [0.25, 0.3) is 21.9 Å². The van der Waals surface area contributed by atoms with Crippen LogP contribution in [0.5, 0.6) is 0 Å². The summed E-state index contributed by atoms with van der Waals surface area (Å²) in [6.07, 6.45) is 0. The first kappa shape index (κ1) is 15.7. The van der Waals surface area contributed by atoms with E-state index in [2.05, 4.69) is 0 Å². The van der Waals surface area contributed by atoms with Crippen LogP contribution in [-0.4, -0.2) is 0 Å². The van der Waals surface area contributed by atoms with Crippen LogP contribution in [0.15, 0.2) is 85.2 Å². The van der Waals surface area contributed by atoms with Gasteiger partial charge in [0.15, 0.2) is 0 Å². The van der Waals surface area contributed by atoms with Gasteiger partial charge < -0.3 is 14.6 Å². The average Bonchev–Trinajstić information content (AvgIpc) is 2.61. The normalized spacial score (nSPS) is 10.4. The molecule has 2 N–H and O–H groups in total. The zero-order valence-corrected chi connectivity index (χ0v) is 12.8. The zero-order chi connectivity index (χ0) is 16.9. The minimum absolute atomic E-state index is 0.215. The molecule has 4 rings (SSSR count). The van der Waals surface area contributed by atoms with Crippen molar-refractivity contribution in [1.82, 2.24) is 0 Å². The number of hydrogen-bond donors (Lipinski definition) is 1. The van der Waals surface area contributed by atoms with Gasteiger partial charge in [0.2, 0.25) is 0 Å². The lowest BCUT2D eigenvalue weighted by Crippen LogP contribution is -2.11. The monoisotopic (exact) mass is 321 g/mol. The topological polar surface area (TPSA) is 86.4 Å². The number of para-hydroxylation sites is 2. The van der Waals surface area contributed by atoms with E-state index < -0.39 is 0 Å². The molecular weight excluding hydrogens is 306 g/mol. The van der Waals surface area contributed by atoms with Gasteiger partial charge in [-0.25, -0.2) is 9.59 Å². The molecule has 5 heteroatoms. The Bertz CT molecular complexity index is 1100. The van der Waals surface area contributed by atoms with Gasteiger partial charge in [-0.15, -0.1) is 0 Å². The second-order valence-corrected chi connectivity index (χ2v) is 5.09. The highest BCUT2D eigenvalue weighted by molar-refractivity contribution is 5.76. The summed E-state index contributed by atoms with van der Waals surface area (Å²) >= 11 is 0. The third-order valence-corrected chi connectivity index (χ3v) is 3.46. The minimum atomic E-state index is -0.346. The van der Waals surface area contributed by atoms with Gasteiger partial charge in [0.1, 0.15) is 11.2 Å². The number of nitrogens with two attached hydrogens (primary N) is 1. The molecule has 2 aromatic heterocycles. The van der Waals surface area contributed by atoms with Crippen LogP contribution in [0.2, 0.25) is 0 Å². The van der Waals surface area contributed by atoms with Crippen molar-refractivity contribution in [1.29, 1.82) is 0 Å². The molecule has 0 aliphatic carbocycles. The molecule has 0 spiro atoms. The largest absolute Gasteiger partial charge is 0.423 e. The van der Waals surface area contributed by atoms with Gasteiger partial charge in [-0.2, -0.15) is 0 Å². The summed E-state index contributed by atoms with van der Waals surface area (Å²) in [6.45, 7) is 0.215. The third-order valence-electron chi connectivity index (χ3n) is 3.46. The highest BCUT2D eigenvalue weighted by Gasteiger charge is 2.01. The summed E-state index contributed by atoms with van der Waals surface area (Å²) < 4.78 is 9.95. The molecule has 5 nitrogen and oxygen atoms in total. The van der Waals surface area contributed by atoms with Crippen molar-refractivity contribution in [2.75, 3.05) is 0 Å². The molecule has 0 atom stereocenters. The Morgan fingerprint density at radius 3 is 2.08 bits per heavy atom. The lowest BCUT2D eigenvalue weighted by atomic mass is 10.2. The highest BCUT2D eigenvalue weighted by atomic mass is 16.4. The lowest BCUT2D eigenvalue weighted by Gasteiger charge is -1.97. The Morgan fingerprint density at radius 2 is 1.38 bits per heavy atom. The zero-order valence-electron chi connectivity index (χ0n) is 12.8. The van der Waals surface area contributed by atoms with E-state index in [0.717, 1.165) is 10.8 Å². The molecular formula is C19H15NO4. The summed E-state index contributed by atoms with van der Waals surface area (Å²) in [5, 5.41) is 1.86. The molecule has 120 valence electrons. The molecule has 0 saturated heterocycles. The molecule has 24 heavy (non-hydrogen) atoms. The third kappa shape index (κ3) is 3.42. The van der Waals surface area contributed by atoms with Gasteiger partial charge in [-0.3, -0.25) is 0 Å². The van der Waals surface area contributed by atoms with Crippen LogP contribution in [0.4, 0.5) is 0 Å². The number of hydrogen-bond acceptors (Lipinski definition) is 5. The standard InChI is InChI=1S/C10H9NO2.C9H6O2/c11-6-8-5-7-3-1-2-4-9(7)13-10(8)12;10-9-6-5-7-3-1-2-4-8(7)11-9/h1-5H,6,11H2;1-6H. The first-order valence-electron chi connectivity index (χ1n) is 7.38. The van der Waals surface area contributed by atoms with Crippen LogP contribution in [0.3, 0.4) is 0 Å². The summed E-state index contributed by atoms with van der Waals surface area (Å²) in [5.41, 5.74) is 6.49. The highest BCUT2D eigenvalue weighted by Crippen LogP contribution is 2.12. The Morgan fingerprint density at radius 1 is 0.750 bits per heavy atom. The maximum Gasteiger partial charge on any atom is 0.340 e. The maximum atomic E-state index is 11.2. The Labute approximate surface area is 136 Å². The van der Waals surface area contributed by atoms with E-state index in [9.17, 15) is 9.59 Å². The fraction of sp³-hybridized carbons (Fsp3) is 0.0526. The van der Waals surface area contributed by atoms with Gasteiger partial charge in [-0.1, -0.05) is 36.4 Å². The SMILES string of the molecule is NCc1cc2ccccc2oc1=O.O=c1ccc2ccccc2o1. The van der Waals surface area contributed by atoms with Crippen LogP contribution in [-0.2, 0) is 6.54 Å². The van der Waals surface area contributed by atoms with E-state index >= 15 is 0 Å². The van der Waals surface area contributed by atoms with Crippen LogP contribution in [0.1, 0.15) is 5.56 Å². The number of fused-ring (bicyclic) bond motifs is 2. The fourth-order valence-corrected chi connectivity index (χ4v) is 2.26. The van der Waals surface area contributed by atoms with E-state index in [-0.39, 0.29) is 17.8 Å². The van der Waals surface area contributed by atoms with Gasteiger partial charge in [0.05, 0.1) is 5.56 Å². The van der Waals surface area contributed by atoms with Crippen molar-refractivity contribution in [3.8, 4) is 0 Å². The summed E-state index contributed by atoms with van der Waals surface area (Å²) in [5.74, 6) is 0. The minimum Gasteiger partial charge on any atom is -0.423 e. The van der Waals surface area contributed by atoms with E-state index in [0.29, 0.717) is 16.7 Å². The van der Waals surface area contributed by atoms with Crippen LogP contribution >= 0.6 is 0 Å². The fourth-order valence-electron chi connectivity index (χ4n) is 2.26. The smallest absolute Gasteiger partial charge is 0.340 e. The van der Waals surface area contributed by atoms with Crippen molar-refractivity contribution in [2.45, 2.75) is 6.54 Å². The second-order valence-electron chi connectivity index (χ2n) is 5.09.